The summed E-state index contributed by atoms with van der Waals surface area (Å²) in [6.07, 6.45) is 9.53. The smallest absolute Gasteiger partial charge is 0.146 e. The van der Waals surface area contributed by atoms with Crippen LogP contribution >= 0.6 is 11.8 Å². The third-order valence-electron chi connectivity index (χ3n) is 3.01. The number of unbranched alkanes of at least 4 members (excludes halogenated alkanes) is 4. The molecule has 0 saturated carbocycles. The van der Waals surface area contributed by atoms with Gasteiger partial charge in [-0.3, -0.25) is 0 Å². The Hall–Kier alpha value is 0.527. The van der Waals surface area contributed by atoms with E-state index >= 15 is 0 Å². The van der Waals surface area contributed by atoms with E-state index in [0.29, 0.717) is 0 Å². The van der Waals surface area contributed by atoms with Crippen molar-refractivity contribution >= 4 is 22.2 Å². The lowest BCUT2D eigenvalue weighted by Crippen LogP contribution is -2.22. The average molecular weight is 263 g/mol. The van der Waals surface area contributed by atoms with Crippen LogP contribution in [-0.4, -0.2) is 27.6 Å². The minimum atomic E-state index is 0.133. The van der Waals surface area contributed by atoms with Crippen LogP contribution in [0.4, 0.5) is 0 Å². The quantitative estimate of drug-likeness (QED) is 0.416. The Morgan fingerprint density at radius 3 is 2.25 bits per heavy atom. The topological polar surface area (TPSA) is 9.23 Å². The molecule has 3 heteroatoms. The van der Waals surface area contributed by atoms with E-state index in [0.717, 1.165) is 10.5 Å². The van der Waals surface area contributed by atoms with E-state index in [1.54, 1.807) is 0 Å². The molecule has 1 nitrogen and oxygen atoms in total. The van der Waals surface area contributed by atoms with Gasteiger partial charge >= 0.3 is 0 Å². The zero-order chi connectivity index (χ0) is 12.3. The van der Waals surface area contributed by atoms with Gasteiger partial charge in [0.05, 0.1) is 0 Å². The zero-order valence-corrected chi connectivity index (χ0v) is 14.5. The lowest BCUT2D eigenvalue weighted by atomic mass is 10.0. The average Bonchev–Trinajstić information content (AvgIpc) is 2.27. The summed E-state index contributed by atoms with van der Waals surface area (Å²) < 4.78 is 5.54. The van der Waals surface area contributed by atoms with E-state index in [4.69, 9.17) is 4.43 Å². The summed E-state index contributed by atoms with van der Waals surface area (Å²) in [5.74, 6) is 2.66. The summed E-state index contributed by atoms with van der Waals surface area (Å²) >= 11 is 2.12. The fourth-order valence-electron chi connectivity index (χ4n) is 1.61. The normalized spacial score (nSPS) is 12.2. The van der Waals surface area contributed by atoms with Gasteiger partial charge in [0.25, 0.3) is 0 Å². The molecule has 0 aliphatic heterocycles. The van der Waals surface area contributed by atoms with Crippen molar-refractivity contribution in [3.05, 3.63) is 0 Å². The van der Waals surface area contributed by atoms with E-state index in [1.807, 2.05) is 0 Å². The molecular formula is C13H30OSSi. The minimum absolute atomic E-state index is 0.133. The lowest BCUT2D eigenvalue weighted by Gasteiger charge is -2.23. The Labute approximate surface area is 110 Å². The van der Waals surface area contributed by atoms with Crippen molar-refractivity contribution in [1.29, 1.82) is 0 Å². The molecule has 98 valence electrons. The number of rotatable bonds is 11. The molecule has 0 atom stereocenters. The van der Waals surface area contributed by atoms with Gasteiger partial charge in [0.1, 0.15) is 10.5 Å². The monoisotopic (exact) mass is 262 g/mol. The Bertz CT molecular complexity index is 151. The van der Waals surface area contributed by atoms with Gasteiger partial charge in [-0.25, -0.2) is 0 Å². The first-order valence-electron chi connectivity index (χ1n) is 6.75. The molecule has 0 aromatic rings. The molecule has 0 saturated heterocycles. The molecule has 16 heavy (non-hydrogen) atoms. The summed E-state index contributed by atoms with van der Waals surface area (Å²) in [7, 11) is 0.861. The highest BCUT2D eigenvalue weighted by molar-refractivity contribution is 7.99. The maximum absolute atomic E-state index is 5.54. The Kier molecular flexibility index (Phi) is 11.0. The number of thioether (sulfide) groups is 1. The second-order valence-electron chi connectivity index (χ2n) is 5.09. The van der Waals surface area contributed by atoms with Gasteiger partial charge < -0.3 is 4.43 Å². The van der Waals surface area contributed by atoms with Crippen LogP contribution in [0.15, 0.2) is 0 Å². The summed E-state index contributed by atoms with van der Waals surface area (Å²) in [4.78, 5) is 0. The van der Waals surface area contributed by atoms with Crippen LogP contribution in [0.3, 0.4) is 0 Å². The third-order valence-corrected chi connectivity index (χ3v) is 5.27. The van der Waals surface area contributed by atoms with Crippen molar-refractivity contribution in [1.82, 2.24) is 0 Å². The molecule has 0 rings (SSSR count). The molecule has 0 N–H and O–H groups in total. The zero-order valence-electron chi connectivity index (χ0n) is 11.7. The molecule has 0 aromatic carbocycles. The largest absolute Gasteiger partial charge is 0.423 e. The number of hydrogen-bond donors (Lipinski definition) is 0. The maximum atomic E-state index is 5.54. The van der Waals surface area contributed by atoms with Crippen molar-refractivity contribution in [3.8, 4) is 0 Å². The first-order valence-corrected chi connectivity index (χ1v) is 8.72. The first kappa shape index (κ1) is 16.5. The Balaban J connectivity index is 3.10. The van der Waals surface area contributed by atoms with E-state index in [9.17, 15) is 0 Å². The molecule has 0 bridgehead atoms. The standard InChI is InChI=1S/C13H30OSSi/c1-4-5-6-7-8-11-15-12-9-10-13(2,3)14-16/h4-12H2,1-3,16H3. The molecule has 0 aliphatic rings. The Morgan fingerprint density at radius 1 is 1.00 bits per heavy atom. The van der Waals surface area contributed by atoms with Crippen LogP contribution in [0.2, 0.25) is 0 Å². The van der Waals surface area contributed by atoms with Crippen LogP contribution in [-0.2, 0) is 4.43 Å². The highest BCUT2D eigenvalue weighted by Gasteiger charge is 2.14. The highest BCUT2D eigenvalue weighted by atomic mass is 32.2. The minimum Gasteiger partial charge on any atom is -0.423 e. The van der Waals surface area contributed by atoms with E-state index in [1.165, 1.54) is 56.5 Å². The van der Waals surface area contributed by atoms with Crippen LogP contribution in [0.25, 0.3) is 0 Å². The molecule has 0 unspecified atom stereocenters. The van der Waals surface area contributed by atoms with Gasteiger partial charge in [-0.05, 0) is 44.6 Å². The van der Waals surface area contributed by atoms with Gasteiger partial charge in [-0.1, -0.05) is 32.6 Å². The van der Waals surface area contributed by atoms with Crippen molar-refractivity contribution in [2.45, 2.75) is 71.3 Å². The molecule has 0 fully saturated rings. The van der Waals surface area contributed by atoms with E-state index < -0.39 is 0 Å². The van der Waals surface area contributed by atoms with Crippen molar-refractivity contribution in [2.75, 3.05) is 11.5 Å². The number of hydrogen-bond acceptors (Lipinski definition) is 2. The van der Waals surface area contributed by atoms with Crippen molar-refractivity contribution in [3.63, 3.8) is 0 Å². The first-order chi connectivity index (χ1) is 7.62. The van der Waals surface area contributed by atoms with Gasteiger partial charge in [-0.2, -0.15) is 11.8 Å². The SMILES string of the molecule is CCCCCCCSCCCC(C)(C)O[SiH3]. The second-order valence-corrected chi connectivity index (χ2v) is 6.73. The summed E-state index contributed by atoms with van der Waals surface area (Å²) in [5, 5.41) is 0. The van der Waals surface area contributed by atoms with Crippen LogP contribution in [0.1, 0.15) is 65.7 Å². The van der Waals surface area contributed by atoms with Gasteiger partial charge in [-0.15, -0.1) is 0 Å². The van der Waals surface area contributed by atoms with Crippen LogP contribution in [0.5, 0.6) is 0 Å². The highest BCUT2D eigenvalue weighted by Crippen LogP contribution is 2.17. The van der Waals surface area contributed by atoms with Gasteiger partial charge in [0, 0.05) is 5.60 Å². The van der Waals surface area contributed by atoms with Crippen LogP contribution < -0.4 is 0 Å². The maximum Gasteiger partial charge on any atom is 0.146 e. The molecule has 0 aliphatic carbocycles. The van der Waals surface area contributed by atoms with Gasteiger partial charge in [0.2, 0.25) is 0 Å². The Morgan fingerprint density at radius 2 is 1.62 bits per heavy atom. The molecule has 0 amide bonds. The van der Waals surface area contributed by atoms with Crippen LogP contribution in [0, 0.1) is 0 Å². The second kappa shape index (κ2) is 10.7. The fraction of sp³-hybridized carbons (Fsp3) is 1.00. The van der Waals surface area contributed by atoms with Crippen molar-refractivity contribution < 1.29 is 4.43 Å². The van der Waals surface area contributed by atoms with E-state index in [-0.39, 0.29) is 5.60 Å². The van der Waals surface area contributed by atoms with Gasteiger partial charge in [0.15, 0.2) is 0 Å². The predicted octanol–water partition coefficient (Wildman–Crippen LogP) is 3.55. The molecule has 0 heterocycles. The third kappa shape index (κ3) is 11.0. The predicted molar refractivity (Wildman–Crippen MR) is 80.4 cm³/mol. The summed E-state index contributed by atoms with van der Waals surface area (Å²) in [6, 6.07) is 0. The molecule has 0 aromatic heterocycles. The molecular weight excluding hydrogens is 232 g/mol. The van der Waals surface area contributed by atoms with Crippen molar-refractivity contribution in [2.24, 2.45) is 0 Å². The molecule has 0 radical (unpaired) electrons. The molecule has 0 spiro atoms. The fourth-order valence-corrected chi connectivity index (χ4v) is 2.78. The van der Waals surface area contributed by atoms with E-state index in [2.05, 4.69) is 32.5 Å². The lowest BCUT2D eigenvalue weighted by molar-refractivity contribution is 0.112. The summed E-state index contributed by atoms with van der Waals surface area (Å²) in [5.41, 5.74) is 0.133. The summed E-state index contributed by atoms with van der Waals surface area (Å²) in [6.45, 7) is 6.68.